The second kappa shape index (κ2) is 6.99. The van der Waals surface area contributed by atoms with E-state index in [4.69, 9.17) is 11.6 Å². The van der Waals surface area contributed by atoms with E-state index in [1.807, 2.05) is 36.5 Å². The van der Waals surface area contributed by atoms with Crippen LogP contribution in [0.2, 0.25) is 5.02 Å². The van der Waals surface area contributed by atoms with E-state index >= 15 is 0 Å². The highest BCUT2D eigenvalue weighted by Crippen LogP contribution is 2.26. The second-order valence-corrected chi connectivity index (χ2v) is 5.97. The van der Waals surface area contributed by atoms with Gasteiger partial charge in [0.25, 0.3) is 0 Å². The number of pyridine rings is 1. The summed E-state index contributed by atoms with van der Waals surface area (Å²) < 4.78 is 0. The fraction of sp³-hybridized carbons (Fsp3) is 0.353. The van der Waals surface area contributed by atoms with Crippen molar-refractivity contribution < 1.29 is 5.11 Å². The molecule has 0 aliphatic carbocycles. The highest BCUT2D eigenvalue weighted by Gasteiger charge is 2.20. The molecule has 3 rings (SSSR count). The predicted octanol–water partition coefficient (Wildman–Crippen LogP) is 3.31. The molecule has 0 bridgehead atoms. The van der Waals surface area contributed by atoms with Crippen molar-refractivity contribution in [2.75, 3.05) is 23.3 Å². The van der Waals surface area contributed by atoms with E-state index in [2.05, 4.69) is 21.3 Å². The van der Waals surface area contributed by atoms with Crippen molar-refractivity contribution in [3.8, 4) is 0 Å². The molecular weight excluding hydrogens is 298 g/mol. The van der Waals surface area contributed by atoms with Crippen LogP contribution in [0.1, 0.15) is 18.4 Å². The van der Waals surface area contributed by atoms with Crippen molar-refractivity contribution in [1.82, 2.24) is 4.98 Å². The zero-order chi connectivity index (χ0) is 15.4. The Bertz CT molecular complexity index is 613. The van der Waals surface area contributed by atoms with E-state index in [9.17, 15) is 5.11 Å². The van der Waals surface area contributed by atoms with E-state index < -0.39 is 0 Å². The molecule has 2 heterocycles. The average Bonchev–Trinajstić information content (AvgIpc) is 2.58. The third kappa shape index (κ3) is 3.51. The van der Waals surface area contributed by atoms with Crippen LogP contribution in [0.3, 0.4) is 0 Å². The minimum atomic E-state index is 0.0317. The topological polar surface area (TPSA) is 48.4 Å². The van der Waals surface area contributed by atoms with E-state index in [1.165, 1.54) is 0 Å². The van der Waals surface area contributed by atoms with Gasteiger partial charge < -0.3 is 15.3 Å². The van der Waals surface area contributed by atoms with Crippen LogP contribution in [-0.4, -0.2) is 29.2 Å². The molecule has 1 saturated heterocycles. The van der Waals surface area contributed by atoms with Gasteiger partial charge in [0, 0.05) is 25.3 Å². The normalized spacial score (nSPS) is 15.8. The number of nitrogens with zero attached hydrogens (tertiary/aromatic N) is 2. The summed E-state index contributed by atoms with van der Waals surface area (Å²) in [6.45, 7) is 1.99. The number of aromatic nitrogens is 1. The van der Waals surface area contributed by atoms with Crippen LogP contribution in [0.4, 0.5) is 11.5 Å². The van der Waals surface area contributed by atoms with Crippen LogP contribution in [0.5, 0.6) is 0 Å². The second-order valence-electron chi connectivity index (χ2n) is 5.57. The third-order valence-electron chi connectivity index (χ3n) is 4.04. The zero-order valence-electron chi connectivity index (χ0n) is 12.4. The van der Waals surface area contributed by atoms with E-state index in [0.29, 0.717) is 11.1 Å². The summed E-state index contributed by atoms with van der Waals surface area (Å²) in [7, 11) is 0. The van der Waals surface area contributed by atoms with Crippen molar-refractivity contribution >= 4 is 23.1 Å². The van der Waals surface area contributed by atoms with Gasteiger partial charge in [-0.1, -0.05) is 23.7 Å². The number of anilines is 2. The van der Waals surface area contributed by atoms with Gasteiger partial charge in [-0.2, -0.15) is 0 Å². The van der Waals surface area contributed by atoms with Gasteiger partial charge in [-0.15, -0.1) is 0 Å². The number of aliphatic hydroxyl groups is 1. The minimum absolute atomic E-state index is 0.0317. The lowest BCUT2D eigenvalue weighted by Crippen LogP contribution is -2.39. The van der Waals surface area contributed by atoms with Gasteiger partial charge in [0.15, 0.2) is 0 Å². The first-order valence-electron chi connectivity index (χ1n) is 7.58. The summed E-state index contributed by atoms with van der Waals surface area (Å²) in [6, 6.07) is 12.0. The number of piperidine rings is 1. The Balaban J connectivity index is 1.60. The number of hydrogen-bond donors (Lipinski definition) is 2. The van der Waals surface area contributed by atoms with Gasteiger partial charge in [-0.25, -0.2) is 4.98 Å². The van der Waals surface area contributed by atoms with E-state index in [1.54, 1.807) is 0 Å². The number of benzene rings is 1. The Morgan fingerprint density at radius 2 is 2.05 bits per heavy atom. The molecule has 1 aliphatic heterocycles. The van der Waals surface area contributed by atoms with Crippen molar-refractivity contribution in [2.24, 2.45) is 0 Å². The lowest BCUT2D eigenvalue weighted by atomic mass is 10.0. The lowest BCUT2D eigenvalue weighted by Gasteiger charge is -2.33. The summed E-state index contributed by atoms with van der Waals surface area (Å²) in [5.41, 5.74) is 1.78. The van der Waals surface area contributed by atoms with Crippen LogP contribution >= 0.6 is 11.6 Å². The summed E-state index contributed by atoms with van der Waals surface area (Å²) in [5.74, 6) is 1.04. The first-order valence-corrected chi connectivity index (χ1v) is 7.96. The molecule has 1 fully saturated rings. The van der Waals surface area contributed by atoms with Gasteiger partial charge in [-0.05, 0) is 42.7 Å². The molecule has 1 aromatic heterocycles. The number of nitrogens with one attached hydrogen (secondary N) is 1. The molecule has 116 valence electrons. The maximum absolute atomic E-state index is 9.24. The smallest absolute Gasteiger partial charge is 0.128 e. The molecule has 2 aromatic rings. The highest BCUT2D eigenvalue weighted by molar-refractivity contribution is 6.33. The van der Waals surface area contributed by atoms with Crippen molar-refractivity contribution in [3.05, 3.63) is 53.2 Å². The molecular formula is C17H20ClN3O. The number of rotatable bonds is 4. The molecule has 0 unspecified atom stereocenters. The largest absolute Gasteiger partial charge is 0.392 e. The minimum Gasteiger partial charge on any atom is -0.392 e. The highest BCUT2D eigenvalue weighted by atomic mass is 35.5. The first kappa shape index (κ1) is 15.1. The maximum Gasteiger partial charge on any atom is 0.128 e. The van der Waals surface area contributed by atoms with Crippen LogP contribution in [0.25, 0.3) is 0 Å². The molecule has 22 heavy (non-hydrogen) atoms. The average molecular weight is 318 g/mol. The number of hydrogen-bond acceptors (Lipinski definition) is 4. The fourth-order valence-corrected chi connectivity index (χ4v) is 2.97. The molecule has 1 aromatic carbocycles. The maximum atomic E-state index is 9.24. The summed E-state index contributed by atoms with van der Waals surface area (Å²) in [6.07, 6.45) is 3.91. The molecule has 0 radical (unpaired) electrons. The van der Waals surface area contributed by atoms with Gasteiger partial charge in [0.05, 0.1) is 17.3 Å². The van der Waals surface area contributed by atoms with Crippen LogP contribution in [-0.2, 0) is 6.61 Å². The number of halogens is 1. The molecule has 4 nitrogen and oxygen atoms in total. The number of aliphatic hydroxyl groups excluding tert-OH is 1. The Hall–Kier alpha value is -1.78. The van der Waals surface area contributed by atoms with Crippen LogP contribution in [0, 0.1) is 0 Å². The molecule has 0 atom stereocenters. The Morgan fingerprint density at radius 3 is 2.73 bits per heavy atom. The third-order valence-corrected chi connectivity index (χ3v) is 4.37. The summed E-state index contributed by atoms with van der Waals surface area (Å²) >= 11 is 6.23. The molecule has 0 spiro atoms. The van der Waals surface area contributed by atoms with Crippen LogP contribution < -0.4 is 10.2 Å². The summed E-state index contributed by atoms with van der Waals surface area (Å²) in [5, 5.41) is 13.4. The Morgan fingerprint density at radius 1 is 1.23 bits per heavy atom. The molecule has 0 saturated carbocycles. The Kier molecular flexibility index (Phi) is 4.80. The van der Waals surface area contributed by atoms with Gasteiger partial charge in [0.1, 0.15) is 5.82 Å². The SMILES string of the molecule is OCc1ccc(Cl)c(NC2CCN(c3ccccn3)CC2)c1. The van der Waals surface area contributed by atoms with E-state index in [0.717, 1.165) is 43.0 Å². The zero-order valence-corrected chi connectivity index (χ0v) is 13.1. The Labute approximate surface area is 135 Å². The summed E-state index contributed by atoms with van der Waals surface area (Å²) in [4.78, 5) is 6.71. The van der Waals surface area contributed by atoms with Gasteiger partial charge >= 0.3 is 0 Å². The van der Waals surface area contributed by atoms with Gasteiger partial charge in [0.2, 0.25) is 0 Å². The molecule has 0 amide bonds. The first-order chi connectivity index (χ1) is 10.8. The van der Waals surface area contributed by atoms with Crippen molar-refractivity contribution in [2.45, 2.75) is 25.5 Å². The predicted molar refractivity (Wildman–Crippen MR) is 90.5 cm³/mol. The molecule has 2 N–H and O–H groups in total. The fourth-order valence-electron chi connectivity index (χ4n) is 2.80. The van der Waals surface area contributed by atoms with Crippen LogP contribution in [0.15, 0.2) is 42.6 Å². The van der Waals surface area contributed by atoms with Crippen molar-refractivity contribution in [3.63, 3.8) is 0 Å². The quantitative estimate of drug-likeness (QED) is 0.908. The molecule has 5 heteroatoms. The monoisotopic (exact) mass is 317 g/mol. The van der Waals surface area contributed by atoms with Crippen molar-refractivity contribution in [1.29, 1.82) is 0 Å². The van der Waals surface area contributed by atoms with Gasteiger partial charge in [-0.3, -0.25) is 0 Å². The molecule has 1 aliphatic rings. The standard InChI is InChI=1S/C17H20ClN3O/c18-15-5-4-13(12-22)11-16(15)20-14-6-9-21(10-7-14)17-3-1-2-8-19-17/h1-5,8,11,14,20,22H,6-7,9-10,12H2. The van der Waals surface area contributed by atoms with E-state index in [-0.39, 0.29) is 6.61 Å². The lowest BCUT2D eigenvalue weighted by molar-refractivity contribution is 0.282.